The number of benzene rings is 1. The van der Waals surface area contributed by atoms with E-state index in [1.807, 2.05) is 48.5 Å². The molecule has 4 heteroatoms. The average molecular weight is 381 g/mol. The van der Waals surface area contributed by atoms with Crippen molar-refractivity contribution < 1.29 is 0 Å². The molecular formula is C25H23N3O. The number of aromatic amines is 1. The molecule has 1 aromatic carbocycles. The van der Waals surface area contributed by atoms with E-state index in [0.717, 1.165) is 34.4 Å². The van der Waals surface area contributed by atoms with E-state index in [2.05, 4.69) is 36.0 Å². The number of hydrogen-bond acceptors (Lipinski definition) is 3. The van der Waals surface area contributed by atoms with Crippen LogP contribution in [0.15, 0.2) is 65.7 Å². The lowest BCUT2D eigenvalue weighted by Gasteiger charge is -2.33. The van der Waals surface area contributed by atoms with Crippen molar-refractivity contribution in [3.8, 4) is 17.2 Å². The molecule has 0 aliphatic heterocycles. The van der Waals surface area contributed by atoms with Crippen LogP contribution in [0.4, 0.5) is 0 Å². The number of allylic oxidation sites excluding steroid dienone is 1. The van der Waals surface area contributed by atoms with Crippen LogP contribution in [-0.4, -0.2) is 9.97 Å². The van der Waals surface area contributed by atoms with E-state index in [4.69, 9.17) is 0 Å². The summed E-state index contributed by atoms with van der Waals surface area (Å²) in [5, 5.41) is 9.30. The lowest BCUT2D eigenvalue weighted by Crippen LogP contribution is -2.31. The van der Waals surface area contributed by atoms with Crippen LogP contribution in [0.25, 0.3) is 17.2 Å². The van der Waals surface area contributed by atoms with Gasteiger partial charge in [-0.1, -0.05) is 44.2 Å². The van der Waals surface area contributed by atoms with Gasteiger partial charge in [-0.3, -0.25) is 9.78 Å². The fourth-order valence-corrected chi connectivity index (χ4v) is 4.19. The van der Waals surface area contributed by atoms with E-state index in [0.29, 0.717) is 17.4 Å². The largest absolute Gasteiger partial charge is 0.329 e. The maximum Gasteiger partial charge on any atom is 0.252 e. The third-order valence-corrected chi connectivity index (χ3v) is 6.05. The highest BCUT2D eigenvalue weighted by atomic mass is 16.1. The van der Waals surface area contributed by atoms with Gasteiger partial charge in [-0.25, -0.2) is 0 Å². The molecule has 0 saturated heterocycles. The Kier molecular flexibility index (Phi) is 5.14. The quantitative estimate of drug-likeness (QED) is 0.699. The number of nitrogens with one attached hydrogen (secondary N) is 1. The summed E-state index contributed by atoms with van der Waals surface area (Å²) in [5.74, 6) is 0.959. The number of fused-ring (bicyclic) bond motifs is 1. The Bertz CT molecular complexity index is 1150. The molecule has 0 bridgehead atoms. The Hall–Kier alpha value is -3.45. The van der Waals surface area contributed by atoms with Crippen molar-refractivity contribution in [3.63, 3.8) is 0 Å². The summed E-state index contributed by atoms with van der Waals surface area (Å²) in [6.45, 7) is 4.46. The molecule has 0 unspecified atom stereocenters. The van der Waals surface area contributed by atoms with Crippen molar-refractivity contribution in [2.75, 3.05) is 0 Å². The molecule has 1 aliphatic rings. The van der Waals surface area contributed by atoms with Crippen LogP contribution < -0.4 is 5.56 Å². The summed E-state index contributed by atoms with van der Waals surface area (Å²) in [5.41, 5.74) is 5.31. The standard InChI is InChI=1S/C25H23N3O/c1-16-13-18-11-12-27-25(29)24(18)22(17(16)2)10-9-21-8-7-20(15-28-21)23-6-4-3-5-19(23)14-26/h3-12,15-17,22H,13H2,1-2H3,(H,27,29)/b10-9+/t16-,17+,22-/m0/s1. The van der Waals surface area contributed by atoms with E-state index in [1.165, 1.54) is 0 Å². The van der Waals surface area contributed by atoms with E-state index in [1.54, 1.807) is 12.4 Å². The summed E-state index contributed by atoms with van der Waals surface area (Å²) >= 11 is 0. The highest BCUT2D eigenvalue weighted by Crippen LogP contribution is 2.38. The van der Waals surface area contributed by atoms with Crippen LogP contribution in [-0.2, 0) is 6.42 Å². The Morgan fingerprint density at radius 3 is 2.76 bits per heavy atom. The Morgan fingerprint density at radius 2 is 2.00 bits per heavy atom. The number of rotatable bonds is 3. The minimum Gasteiger partial charge on any atom is -0.329 e. The molecule has 0 amide bonds. The molecule has 0 radical (unpaired) electrons. The second-order valence-corrected chi connectivity index (χ2v) is 7.80. The number of nitrogens with zero attached hydrogens (tertiary/aromatic N) is 2. The fraction of sp³-hybridized carbons (Fsp3) is 0.240. The zero-order valence-electron chi connectivity index (χ0n) is 16.6. The molecule has 2 heterocycles. The van der Waals surface area contributed by atoms with Gasteiger partial charge in [0.15, 0.2) is 0 Å². The van der Waals surface area contributed by atoms with Crippen molar-refractivity contribution >= 4 is 6.08 Å². The van der Waals surface area contributed by atoms with Crippen molar-refractivity contribution in [1.82, 2.24) is 9.97 Å². The number of pyridine rings is 2. The van der Waals surface area contributed by atoms with Crippen LogP contribution in [0.5, 0.6) is 0 Å². The molecule has 2 aromatic heterocycles. The summed E-state index contributed by atoms with van der Waals surface area (Å²) in [4.78, 5) is 19.9. The summed E-state index contributed by atoms with van der Waals surface area (Å²) in [7, 11) is 0. The molecule has 1 aliphatic carbocycles. The zero-order valence-corrected chi connectivity index (χ0v) is 16.6. The first-order valence-corrected chi connectivity index (χ1v) is 9.92. The molecule has 0 fully saturated rings. The van der Waals surface area contributed by atoms with Crippen molar-refractivity contribution in [1.29, 1.82) is 5.26 Å². The summed E-state index contributed by atoms with van der Waals surface area (Å²) in [6.07, 6.45) is 8.58. The average Bonchev–Trinajstić information content (AvgIpc) is 2.75. The maximum absolute atomic E-state index is 12.5. The Balaban J connectivity index is 1.63. The number of hydrogen-bond donors (Lipinski definition) is 1. The van der Waals surface area contributed by atoms with E-state index in [-0.39, 0.29) is 11.5 Å². The molecule has 0 saturated carbocycles. The molecule has 1 N–H and O–H groups in total. The van der Waals surface area contributed by atoms with Crippen molar-refractivity contribution in [3.05, 3.63) is 93.7 Å². The zero-order chi connectivity index (χ0) is 20.4. The van der Waals surface area contributed by atoms with Gasteiger partial charge in [0.2, 0.25) is 0 Å². The molecule has 4 nitrogen and oxygen atoms in total. The fourth-order valence-electron chi connectivity index (χ4n) is 4.19. The van der Waals surface area contributed by atoms with Gasteiger partial charge in [0.25, 0.3) is 5.56 Å². The van der Waals surface area contributed by atoms with Crippen LogP contribution in [0, 0.1) is 23.2 Å². The lowest BCUT2D eigenvalue weighted by atomic mass is 9.71. The topological polar surface area (TPSA) is 69.5 Å². The lowest BCUT2D eigenvalue weighted by molar-refractivity contribution is 0.330. The molecule has 144 valence electrons. The van der Waals surface area contributed by atoms with Crippen LogP contribution in [0.3, 0.4) is 0 Å². The van der Waals surface area contributed by atoms with Crippen LogP contribution in [0.1, 0.15) is 42.1 Å². The van der Waals surface area contributed by atoms with Gasteiger partial charge < -0.3 is 4.98 Å². The minimum absolute atomic E-state index is 0.00678. The first-order valence-electron chi connectivity index (χ1n) is 9.92. The van der Waals surface area contributed by atoms with E-state index >= 15 is 0 Å². The van der Waals surface area contributed by atoms with Gasteiger partial charge in [-0.05, 0) is 48.1 Å². The molecule has 3 atom stereocenters. The van der Waals surface area contributed by atoms with Crippen molar-refractivity contribution in [2.45, 2.75) is 26.2 Å². The van der Waals surface area contributed by atoms with Gasteiger partial charge in [0.05, 0.1) is 17.3 Å². The van der Waals surface area contributed by atoms with E-state index < -0.39 is 0 Å². The number of nitriles is 1. The highest BCUT2D eigenvalue weighted by Gasteiger charge is 2.31. The summed E-state index contributed by atoms with van der Waals surface area (Å²) < 4.78 is 0. The van der Waals surface area contributed by atoms with Gasteiger partial charge in [0.1, 0.15) is 0 Å². The van der Waals surface area contributed by atoms with Gasteiger partial charge in [0, 0.05) is 35.0 Å². The van der Waals surface area contributed by atoms with Crippen molar-refractivity contribution in [2.24, 2.45) is 11.8 Å². The number of H-pyrrole nitrogens is 1. The van der Waals surface area contributed by atoms with Gasteiger partial charge in [-0.15, -0.1) is 0 Å². The monoisotopic (exact) mass is 381 g/mol. The highest BCUT2D eigenvalue weighted by molar-refractivity contribution is 5.70. The molecule has 29 heavy (non-hydrogen) atoms. The molecule has 3 aromatic rings. The number of aromatic nitrogens is 2. The first kappa shape index (κ1) is 18.9. The Labute approximate surface area is 170 Å². The molecule has 4 rings (SSSR count). The second kappa shape index (κ2) is 7.89. The summed E-state index contributed by atoms with van der Waals surface area (Å²) in [6, 6.07) is 15.7. The molecule has 0 spiro atoms. The maximum atomic E-state index is 12.5. The molecular weight excluding hydrogens is 358 g/mol. The van der Waals surface area contributed by atoms with Crippen LogP contribution in [0.2, 0.25) is 0 Å². The Morgan fingerprint density at radius 1 is 1.17 bits per heavy atom. The van der Waals surface area contributed by atoms with Gasteiger partial charge in [-0.2, -0.15) is 5.26 Å². The third-order valence-electron chi connectivity index (χ3n) is 6.05. The van der Waals surface area contributed by atoms with E-state index in [9.17, 15) is 10.1 Å². The van der Waals surface area contributed by atoms with Gasteiger partial charge >= 0.3 is 0 Å². The SMILES string of the molecule is C[C@H]1[C@H](/C=C/c2ccc(-c3ccccc3C#N)cn2)c2c(cc[nH]c2=O)C[C@@H]1C. The third kappa shape index (κ3) is 3.64. The first-order chi connectivity index (χ1) is 14.1. The minimum atomic E-state index is 0.00678. The second-order valence-electron chi connectivity index (χ2n) is 7.80. The van der Waals surface area contributed by atoms with Crippen LogP contribution >= 0.6 is 0 Å². The predicted molar refractivity (Wildman–Crippen MR) is 115 cm³/mol. The normalized spacial score (nSPS) is 20.9. The predicted octanol–water partition coefficient (Wildman–Crippen LogP) is 4.93. The smallest absolute Gasteiger partial charge is 0.252 e.